The summed E-state index contributed by atoms with van der Waals surface area (Å²) in [6.45, 7) is 0.0422. The standard InChI is InChI=1S/C12H14F2N2O2S/c1-17-8-2-3-9-10(6-8)16(12(19)15-9)4-5-18-7-11(13)14/h2-3,6,11H,4-5,7H2,1H3,(H,15,19). The highest BCUT2D eigenvalue weighted by molar-refractivity contribution is 7.71. The highest BCUT2D eigenvalue weighted by Gasteiger charge is 2.07. The Kier molecular flexibility index (Phi) is 4.49. The minimum atomic E-state index is -2.45. The number of imidazole rings is 1. The molecule has 0 fully saturated rings. The van der Waals surface area contributed by atoms with Crippen molar-refractivity contribution in [3.63, 3.8) is 0 Å². The molecule has 0 bridgehead atoms. The van der Waals surface area contributed by atoms with Crippen molar-refractivity contribution in [3.8, 4) is 5.75 Å². The van der Waals surface area contributed by atoms with Crippen LogP contribution in [0, 0.1) is 4.77 Å². The number of nitrogens with zero attached hydrogens (tertiary/aromatic N) is 1. The van der Waals surface area contributed by atoms with Gasteiger partial charge in [0.1, 0.15) is 12.4 Å². The van der Waals surface area contributed by atoms with Crippen molar-refractivity contribution < 1.29 is 18.3 Å². The molecule has 1 aromatic carbocycles. The van der Waals surface area contributed by atoms with E-state index in [0.717, 1.165) is 11.0 Å². The van der Waals surface area contributed by atoms with Gasteiger partial charge in [0.05, 0.1) is 24.8 Å². The summed E-state index contributed by atoms with van der Waals surface area (Å²) in [4.78, 5) is 3.05. The molecule has 7 heteroatoms. The minimum Gasteiger partial charge on any atom is -0.497 e. The van der Waals surface area contributed by atoms with Gasteiger partial charge >= 0.3 is 0 Å². The molecule has 0 saturated heterocycles. The van der Waals surface area contributed by atoms with Gasteiger partial charge in [-0.15, -0.1) is 0 Å². The molecule has 0 aliphatic rings. The van der Waals surface area contributed by atoms with Crippen molar-refractivity contribution >= 4 is 23.3 Å². The van der Waals surface area contributed by atoms with Crippen LogP contribution in [0.1, 0.15) is 0 Å². The fourth-order valence-corrected chi connectivity index (χ4v) is 2.11. The number of aromatic amines is 1. The van der Waals surface area contributed by atoms with E-state index in [9.17, 15) is 8.78 Å². The maximum absolute atomic E-state index is 12.0. The van der Waals surface area contributed by atoms with Crippen molar-refractivity contribution in [2.75, 3.05) is 20.3 Å². The van der Waals surface area contributed by atoms with Crippen molar-refractivity contribution in [1.82, 2.24) is 9.55 Å². The summed E-state index contributed by atoms with van der Waals surface area (Å²) in [5.41, 5.74) is 1.74. The molecule has 2 rings (SSSR count). The van der Waals surface area contributed by atoms with Crippen molar-refractivity contribution in [2.24, 2.45) is 0 Å². The SMILES string of the molecule is COc1ccc2[nH]c(=S)n(CCOCC(F)F)c2c1. The molecule has 1 aromatic heterocycles. The van der Waals surface area contributed by atoms with E-state index < -0.39 is 13.0 Å². The van der Waals surface area contributed by atoms with E-state index in [2.05, 4.69) is 4.98 Å². The van der Waals surface area contributed by atoms with Crippen molar-refractivity contribution in [3.05, 3.63) is 23.0 Å². The number of fused-ring (bicyclic) bond motifs is 1. The number of alkyl halides is 2. The predicted molar refractivity (Wildman–Crippen MR) is 70.5 cm³/mol. The van der Waals surface area contributed by atoms with Gasteiger partial charge in [0, 0.05) is 12.6 Å². The minimum absolute atomic E-state index is 0.183. The van der Waals surface area contributed by atoms with E-state index in [1.54, 1.807) is 11.7 Å². The maximum Gasteiger partial charge on any atom is 0.261 e. The first kappa shape index (κ1) is 14.0. The molecule has 0 radical (unpaired) electrons. The average molecular weight is 288 g/mol. The second-order valence-corrected chi connectivity index (χ2v) is 4.32. The summed E-state index contributed by atoms with van der Waals surface area (Å²) < 4.78 is 36.3. The molecule has 19 heavy (non-hydrogen) atoms. The topological polar surface area (TPSA) is 39.2 Å². The lowest BCUT2D eigenvalue weighted by molar-refractivity contribution is 0.0149. The van der Waals surface area contributed by atoms with Gasteiger partial charge in [0.2, 0.25) is 0 Å². The molecule has 0 aliphatic carbocycles. The number of hydrogen-bond donors (Lipinski definition) is 1. The van der Waals surface area contributed by atoms with Gasteiger partial charge in [-0.05, 0) is 24.4 Å². The number of aromatic nitrogens is 2. The van der Waals surface area contributed by atoms with E-state index in [0.29, 0.717) is 17.1 Å². The lowest BCUT2D eigenvalue weighted by Crippen LogP contribution is -2.10. The lowest BCUT2D eigenvalue weighted by atomic mass is 10.3. The average Bonchev–Trinajstić information content (AvgIpc) is 2.69. The zero-order chi connectivity index (χ0) is 13.8. The molecule has 0 spiro atoms. The summed E-state index contributed by atoms with van der Waals surface area (Å²) in [6, 6.07) is 5.53. The van der Waals surface area contributed by atoms with E-state index in [4.69, 9.17) is 21.7 Å². The van der Waals surface area contributed by atoms with Gasteiger partial charge in [-0.3, -0.25) is 0 Å². The third-order valence-corrected chi connectivity index (χ3v) is 3.01. The summed E-state index contributed by atoms with van der Waals surface area (Å²) in [5.74, 6) is 0.712. The second kappa shape index (κ2) is 6.12. The zero-order valence-corrected chi connectivity index (χ0v) is 11.2. The van der Waals surface area contributed by atoms with Crippen LogP contribution in [-0.2, 0) is 11.3 Å². The number of H-pyrrole nitrogens is 1. The lowest BCUT2D eigenvalue weighted by Gasteiger charge is -2.06. The maximum atomic E-state index is 12.0. The molecule has 2 aromatic rings. The van der Waals surface area contributed by atoms with Gasteiger partial charge < -0.3 is 19.0 Å². The highest BCUT2D eigenvalue weighted by Crippen LogP contribution is 2.20. The Morgan fingerprint density at radius 2 is 2.21 bits per heavy atom. The molecule has 0 amide bonds. The Labute approximate surface area is 113 Å². The molecular formula is C12H14F2N2O2S. The first-order valence-corrected chi connectivity index (χ1v) is 6.15. The summed E-state index contributed by atoms with van der Waals surface area (Å²) in [6.07, 6.45) is -2.45. The molecule has 104 valence electrons. The predicted octanol–water partition coefficient (Wildman–Crippen LogP) is 2.99. The van der Waals surface area contributed by atoms with E-state index in [-0.39, 0.29) is 6.61 Å². The van der Waals surface area contributed by atoms with Gasteiger partial charge in [-0.25, -0.2) is 8.78 Å². The van der Waals surface area contributed by atoms with Crippen LogP contribution in [0.25, 0.3) is 11.0 Å². The van der Waals surface area contributed by atoms with Crippen LogP contribution in [0.5, 0.6) is 5.75 Å². The number of benzene rings is 1. The third-order valence-electron chi connectivity index (χ3n) is 2.69. The molecule has 0 atom stereocenters. The summed E-state index contributed by atoms with van der Waals surface area (Å²) >= 11 is 5.20. The number of hydrogen-bond acceptors (Lipinski definition) is 3. The molecule has 0 unspecified atom stereocenters. The smallest absolute Gasteiger partial charge is 0.261 e. The summed E-state index contributed by atoms with van der Waals surface area (Å²) in [7, 11) is 1.58. The third kappa shape index (κ3) is 3.30. The van der Waals surface area contributed by atoms with Crippen LogP contribution < -0.4 is 4.74 Å². The van der Waals surface area contributed by atoms with E-state index in [1.807, 2.05) is 18.2 Å². The monoisotopic (exact) mass is 288 g/mol. The molecule has 1 N–H and O–H groups in total. The molecule has 0 aliphatic heterocycles. The van der Waals surface area contributed by atoms with Crippen molar-refractivity contribution in [1.29, 1.82) is 0 Å². The quantitative estimate of drug-likeness (QED) is 0.656. The first-order chi connectivity index (χ1) is 9.11. The fraction of sp³-hybridized carbons (Fsp3) is 0.417. The largest absolute Gasteiger partial charge is 0.497 e. The number of rotatable bonds is 6. The van der Waals surface area contributed by atoms with Gasteiger partial charge in [0.25, 0.3) is 6.43 Å². The molecular weight excluding hydrogens is 274 g/mol. The molecule has 4 nitrogen and oxygen atoms in total. The first-order valence-electron chi connectivity index (χ1n) is 5.74. The van der Waals surface area contributed by atoms with E-state index >= 15 is 0 Å². The van der Waals surface area contributed by atoms with Crippen LogP contribution in [0.2, 0.25) is 0 Å². The van der Waals surface area contributed by atoms with Gasteiger partial charge in [0.15, 0.2) is 4.77 Å². The zero-order valence-electron chi connectivity index (χ0n) is 10.4. The summed E-state index contributed by atoms with van der Waals surface area (Å²) in [5, 5.41) is 0. The van der Waals surface area contributed by atoms with Crippen LogP contribution in [0.15, 0.2) is 18.2 Å². The van der Waals surface area contributed by atoms with Gasteiger partial charge in [-0.2, -0.15) is 0 Å². The van der Waals surface area contributed by atoms with Gasteiger partial charge in [-0.1, -0.05) is 0 Å². The van der Waals surface area contributed by atoms with Crippen molar-refractivity contribution in [2.45, 2.75) is 13.0 Å². The van der Waals surface area contributed by atoms with E-state index in [1.165, 1.54) is 0 Å². The number of ether oxygens (including phenoxy) is 2. The Bertz CT molecular complexity index is 609. The Hall–Kier alpha value is -1.47. The Morgan fingerprint density at radius 1 is 1.42 bits per heavy atom. The Morgan fingerprint density at radius 3 is 2.89 bits per heavy atom. The van der Waals surface area contributed by atoms with Crippen LogP contribution in [0.4, 0.5) is 8.78 Å². The number of methoxy groups -OCH3 is 1. The second-order valence-electron chi connectivity index (χ2n) is 3.93. The molecule has 0 saturated carbocycles. The fourth-order valence-electron chi connectivity index (χ4n) is 1.81. The van der Waals surface area contributed by atoms with Crippen LogP contribution in [-0.4, -0.2) is 36.3 Å². The van der Waals surface area contributed by atoms with Crippen LogP contribution >= 0.6 is 12.2 Å². The Balaban J connectivity index is 2.17. The normalized spacial score (nSPS) is 11.4. The highest BCUT2D eigenvalue weighted by atomic mass is 32.1. The number of nitrogens with one attached hydrogen (secondary N) is 1. The number of halogens is 2. The van der Waals surface area contributed by atoms with Crippen LogP contribution in [0.3, 0.4) is 0 Å². The molecule has 1 heterocycles.